The Morgan fingerprint density at radius 1 is 1.29 bits per heavy atom. The Balaban J connectivity index is 2.07. The highest BCUT2D eigenvalue weighted by Crippen LogP contribution is 2.40. The van der Waals surface area contributed by atoms with E-state index in [1.807, 2.05) is 32.2 Å². The Morgan fingerprint density at radius 2 is 2.05 bits per heavy atom. The van der Waals surface area contributed by atoms with Gasteiger partial charge in [0.05, 0.1) is 5.56 Å². The van der Waals surface area contributed by atoms with Crippen LogP contribution in [0.2, 0.25) is 0 Å². The van der Waals surface area contributed by atoms with Crippen molar-refractivity contribution in [2.75, 3.05) is 20.2 Å². The van der Waals surface area contributed by atoms with Crippen molar-refractivity contribution in [1.82, 2.24) is 4.90 Å². The summed E-state index contributed by atoms with van der Waals surface area (Å²) in [4.78, 5) is 14.3. The lowest BCUT2D eigenvalue weighted by Crippen LogP contribution is -2.28. The zero-order chi connectivity index (χ0) is 15.4. The zero-order valence-electron chi connectivity index (χ0n) is 13.1. The first-order valence-corrected chi connectivity index (χ1v) is 7.72. The average molecular weight is 291 g/mol. The van der Waals surface area contributed by atoms with Gasteiger partial charge in [0.25, 0.3) is 5.91 Å². The first-order valence-electron chi connectivity index (χ1n) is 7.72. The van der Waals surface area contributed by atoms with Crippen molar-refractivity contribution in [3.63, 3.8) is 0 Å². The Bertz CT molecular complexity index is 501. The second-order valence-electron chi connectivity index (χ2n) is 5.85. The van der Waals surface area contributed by atoms with Crippen LogP contribution in [0.25, 0.3) is 0 Å². The van der Waals surface area contributed by atoms with E-state index in [9.17, 15) is 4.79 Å². The maximum Gasteiger partial charge on any atom is 0.257 e. The third-order valence-electron chi connectivity index (χ3n) is 4.27. The molecular formula is C17H25NO3. The normalized spacial score (nSPS) is 20.0. The summed E-state index contributed by atoms with van der Waals surface area (Å²) in [6.07, 6.45) is 2.75. The number of fused-ring (bicyclic) bond motifs is 1. The Kier molecular flexibility index (Phi) is 5.23. The molecule has 1 aromatic carbocycles. The first-order chi connectivity index (χ1) is 10.1. The van der Waals surface area contributed by atoms with Crippen LogP contribution in [-0.4, -0.2) is 42.2 Å². The SMILES string of the molecule is CC1Oc2c(C(=O)N(C)CCCCCO)cccc2C1C. The lowest BCUT2D eigenvalue weighted by Gasteiger charge is -2.18. The first kappa shape index (κ1) is 15.8. The summed E-state index contributed by atoms with van der Waals surface area (Å²) in [6, 6.07) is 5.82. The molecule has 1 aromatic rings. The number of hydrogen-bond donors (Lipinski definition) is 1. The minimum Gasteiger partial charge on any atom is -0.489 e. The van der Waals surface area contributed by atoms with E-state index in [1.165, 1.54) is 0 Å². The molecule has 0 aliphatic carbocycles. The Labute approximate surface area is 126 Å². The van der Waals surface area contributed by atoms with Gasteiger partial charge in [-0.1, -0.05) is 19.1 Å². The maximum absolute atomic E-state index is 12.6. The highest BCUT2D eigenvalue weighted by molar-refractivity contribution is 5.97. The Morgan fingerprint density at radius 3 is 2.76 bits per heavy atom. The molecule has 2 unspecified atom stereocenters. The molecule has 1 heterocycles. The summed E-state index contributed by atoms with van der Waals surface area (Å²) < 4.78 is 5.88. The largest absolute Gasteiger partial charge is 0.489 e. The number of carbonyl (C=O) groups excluding carboxylic acids is 1. The van der Waals surface area contributed by atoms with Gasteiger partial charge >= 0.3 is 0 Å². The second kappa shape index (κ2) is 6.94. The number of rotatable bonds is 6. The summed E-state index contributed by atoms with van der Waals surface area (Å²) in [6.45, 7) is 5.09. The molecule has 21 heavy (non-hydrogen) atoms. The average Bonchev–Trinajstić information content (AvgIpc) is 2.78. The number of aliphatic hydroxyl groups excluding tert-OH is 1. The van der Waals surface area contributed by atoms with Crippen molar-refractivity contribution >= 4 is 5.91 Å². The van der Waals surface area contributed by atoms with Gasteiger partial charge < -0.3 is 14.7 Å². The Hall–Kier alpha value is -1.55. The molecule has 0 bridgehead atoms. The maximum atomic E-state index is 12.6. The second-order valence-corrected chi connectivity index (χ2v) is 5.85. The molecule has 1 aliphatic rings. The molecule has 1 N–H and O–H groups in total. The molecule has 0 radical (unpaired) electrons. The molecule has 0 saturated heterocycles. The van der Waals surface area contributed by atoms with Crippen LogP contribution in [0.5, 0.6) is 5.75 Å². The fraction of sp³-hybridized carbons (Fsp3) is 0.588. The van der Waals surface area contributed by atoms with Crippen molar-refractivity contribution in [1.29, 1.82) is 0 Å². The number of aliphatic hydroxyl groups is 1. The van der Waals surface area contributed by atoms with Crippen LogP contribution in [0.15, 0.2) is 18.2 Å². The van der Waals surface area contributed by atoms with E-state index in [0.29, 0.717) is 18.0 Å². The van der Waals surface area contributed by atoms with Gasteiger partial charge in [-0.05, 0) is 32.3 Å². The number of carbonyl (C=O) groups is 1. The topological polar surface area (TPSA) is 49.8 Å². The zero-order valence-corrected chi connectivity index (χ0v) is 13.1. The molecular weight excluding hydrogens is 266 g/mol. The molecule has 2 rings (SSSR count). The van der Waals surface area contributed by atoms with Crippen LogP contribution < -0.4 is 4.74 Å². The lowest BCUT2D eigenvalue weighted by atomic mass is 9.96. The van der Waals surface area contributed by atoms with Gasteiger partial charge in [0.1, 0.15) is 11.9 Å². The van der Waals surface area contributed by atoms with E-state index >= 15 is 0 Å². The lowest BCUT2D eigenvalue weighted by molar-refractivity contribution is 0.0787. The molecule has 1 aliphatic heterocycles. The molecule has 0 saturated carbocycles. The number of nitrogens with zero attached hydrogens (tertiary/aromatic N) is 1. The predicted molar refractivity (Wildman–Crippen MR) is 82.8 cm³/mol. The van der Waals surface area contributed by atoms with E-state index in [4.69, 9.17) is 9.84 Å². The van der Waals surface area contributed by atoms with Gasteiger partial charge in [-0.25, -0.2) is 0 Å². The minimum absolute atomic E-state index is 0.0112. The van der Waals surface area contributed by atoms with E-state index in [-0.39, 0.29) is 18.6 Å². The number of para-hydroxylation sites is 1. The fourth-order valence-electron chi connectivity index (χ4n) is 2.70. The third kappa shape index (κ3) is 3.38. The highest BCUT2D eigenvalue weighted by Gasteiger charge is 2.31. The molecule has 0 fully saturated rings. The standard InChI is InChI=1S/C17H25NO3/c1-12-13(2)21-16-14(12)8-7-9-15(16)17(20)18(3)10-5-4-6-11-19/h7-9,12-13,19H,4-6,10-11H2,1-3H3. The summed E-state index contributed by atoms with van der Waals surface area (Å²) >= 11 is 0. The van der Waals surface area contributed by atoms with Crippen molar-refractivity contribution in [2.24, 2.45) is 0 Å². The van der Waals surface area contributed by atoms with E-state index in [0.717, 1.165) is 30.6 Å². The van der Waals surface area contributed by atoms with E-state index in [1.54, 1.807) is 4.90 Å². The summed E-state index contributed by atoms with van der Waals surface area (Å²) in [5.74, 6) is 1.09. The van der Waals surface area contributed by atoms with Crippen LogP contribution in [0.4, 0.5) is 0 Å². The number of benzene rings is 1. The monoisotopic (exact) mass is 291 g/mol. The summed E-state index contributed by atoms with van der Waals surface area (Å²) in [7, 11) is 1.82. The van der Waals surface area contributed by atoms with Crippen LogP contribution in [0.1, 0.15) is 54.9 Å². The van der Waals surface area contributed by atoms with Crippen LogP contribution in [0.3, 0.4) is 0 Å². The predicted octanol–water partition coefficient (Wildman–Crippen LogP) is 2.81. The number of unbranched alkanes of at least 4 members (excludes halogenated alkanes) is 2. The number of ether oxygens (including phenoxy) is 1. The summed E-state index contributed by atoms with van der Waals surface area (Å²) in [5.41, 5.74) is 1.79. The van der Waals surface area contributed by atoms with Gasteiger partial charge in [-0.3, -0.25) is 4.79 Å². The third-order valence-corrected chi connectivity index (χ3v) is 4.27. The molecule has 4 heteroatoms. The van der Waals surface area contributed by atoms with Crippen molar-refractivity contribution in [2.45, 2.75) is 45.1 Å². The van der Waals surface area contributed by atoms with Crippen molar-refractivity contribution < 1.29 is 14.6 Å². The fourth-order valence-corrected chi connectivity index (χ4v) is 2.70. The van der Waals surface area contributed by atoms with Crippen LogP contribution >= 0.6 is 0 Å². The summed E-state index contributed by atoms with van der Waals surface area (Å²) in [5, 5.41) is 8.78. The van der Waals surface area contributed by atoms with Gasteiger partial charge in [0.2, 0.25) is 0 Å². The molecule has 116 valence electrons. The quantitative estimate of drug-likeness (QED) is 0.820. The van der Waals surface area contributed by atoms with Crippen molar-refractivity contribution in [3.05, 3.63) is 29.3 Å². The van der Waals surface area contributed by atoms with Gasteiger partial charge in [0, 0.05) is 31.7 Å². The number of amides is 1. The van der Waals surface area contributed by atoms with Crippen LogP contribution in [-0.2, 0) is 0 Å². The molecule has 2 atom stereocenters. The molecule has 0 aromatic heterocycles. The molecule has 4 nitrogen and oxygen atoms in total. The van der Waals surface area contributed by atoms with Crippen molar-refractivity contribution in [3.8, 4) is 5.75 Å². The molecule has 0 spiro atoms. The van der Waals surface area contributed by atoms with Gasteiger partial charge in [-0.15, -0.1) is 0 Å². The van der Waals surface area contributed by atoms with E-state index in [2.05, 4.69) is 6.92 Å². The smallest absolute Gasteiger partial charge is 0.257 e. The molecule has 1 amide bonds. The van der Waals surface area contributed by atoms with Crippen LogP contribution in [0, 0.1) is 0 Å². The number of hydrogen-bond acceptors (Lipinski definition) is 3. The minimum atomic E-state index is 0.0112. The van der Waals surface area contributed by atoms with Gasteiger partial charge in [0.15, 0.2) is 0 Å². The van der Waals surface area contributed by atoms with Gasteiger partial charge in [-0.2, -0.15) is 0 Å². The highest BCUT2D eigenvalue weighted by atomic mass is 16.5. The van der Waals surface area contributed by atoms with E-state index < -0.39 is 0 Å².